The van der Waals surface area contributed by atoms with Gasteiger partial charge in [-0.2, -0.15) is 0 Å². The number of alkyl carbamates (subject to hydrolysis) is 1. The number of hydrogen-bond acceptors (Lipinski definition) is 5. The lowest BCUT2D eigenvalue weighted by molar-refractivity contribution is -0.166. The van der Waals surface area contributed by atoms with Crippen LogP contribution in [0.4, 0.5) is 4.79 Å². The van der Waals surface area contributed by atoms with Gasteiger partial charge in [0.05, 0.1) is 6.54 Å². The second kappa shape index (κ2) is 9.03. The zero-order valence-corrected chi connectivity index (χ0v) is 17.5. The highest BCUT2D eigenvalue weighted by Gasteiger charge is 2.29. The maximum absolute atomic E-state index is 12.3. The van der Waals surface area contributed by atoms with Crippen LogP contribution in [0.15, 0.2) is 51.9 Å². The van der Waals surface area contributed by atoms with Gasteiger partial charge < -0.3 is 14.4 Å². The number of carbonyl (C=O) groups excluding carboxylic acids is 3. The fourth-order valence-electron chi connectivity index (χ4n) is 2.16. The molecule has 1 aliphatic heterocycles. The minimum atomic E-state index is -0.948. The van der Waals surface area contributed by atoms with E-state index >= 15 is 0 Å². The van der Waals surface area contributed by atoms with Crippen molar-refractivity contribution in [3.63, 3.8) is 0 Å². The molecule has 0 atom stereocenters. The zero-order valence-electron chi connectivity index (χ0n) is 15.3. The van der Waals surface area contributed by atoms with Crippen LogP contribution in [0.1, 0.15) is 26.3 Å². The molecule has 144 valence electrons. The summed E-state index contributed by atoms with van der Waals surface area (Å²) in [6, 6.07) is 9.28. The number of esters is 1. The molecular weight excluding hydrogens is 463 g/mol. The molecule has 8 heteroatoms. The summed E-state index contributed by atoms with van der Waals surface area (Å²) < 4.78 is 10.9. The first-order valence-electron chi connectivity index (χ1n) is 8.23. The number of carbonyl (C=O) groups is 3. The summed E-state index contributed by atoms with van der Waals surface area (Å²) in [7, 11) is 0. The van der Waals surface area contributed by atoms with Crippen molar-refractivity contribution in [2.24, 2.45) is 0 Å². The van der Waals surface area contributed by atoms with E-state index in [0.29, 0.717) is 9.28 Å². The lowest BCUT2D eigenvalue weighted by atomic mass is 10.2. The van der Waals surface area contributed by atoms with E-state index in [2.05, 4.69) is 5.32 Å². The van der Waals surface area contributed by atoms with Gasteiger partial charge in [-0.15, -0.1) is 0 Å². The summed E-state index contributed by atoms with van der Waals surface area (Å²) in [5.74, 6) is -1.75. The van der Waals surface area contributed by atoms with Crippen LogP contribution < -0.4 is 5.32 Å². The van der Waals surface area contributed by atoms with Crippen molar-refractivity contribution in [1.82, 2.24) is 10.2 Å². The van der Waals surface area contributed by atoms with Crippen LogP contribution in [0.2, 0.25) is 0 Å². The van der Waals surface area contributed by atoms with Gasteiger partial charge in [-0.25, -0.2) is 9.59 Å². The number of rotatable bonds is 3. The molecule has 1 aromatic rings. The van der Waals surface area contributed by atoms with E-state index in [1.807, 2.05) is 52.9 Å². The normalized spacial score (nSPS) is 14.0. The fourth-order valence-corrected chi connectivity index (χ4v) is 2.87. The van der Waals surface area contributed by atoms with Gasteiger partial charge >= 0.3 is 18.0 Å². The van der Waals surface area contributed by atoms with E-state index in [1.165, 1.54) is 11.1 Å². The third-order valence-corrected chi connectivity index (χ3v) is 3.83. The third-order valence-electron chi connectivity index (χ3n) is 3.24. The molecule has 2 rings (SSSR count). The number of benzene rings is 1. The Morgan fingerprint density at radius 3 is 2.48 bits per heavy atom. The van der Waals surface area contributed by atoms with Gasteiger partial charge in [0.25, 0.3) is 0 Å². The second-order valence-electron chi connectivity index (χ2n) is 6.81. The van der Waals surface area contributed by atoms with Crippen LogP contribution in [0.3, 0.4) is 0 Å². The highest BCUT2D eigenvalue weighted by molar-refractivity contribution is 14.1. The number of nitrogens with one attached hydrogen (secondary N) is 1. The number of nitrogens with zero attached hydrogens (tertiary/aromatic N) is 1. The molecule has 1 aliphatic rings. The Balaban J connectivity index is 1.93. The SMILES string of the molecule is CC(C)(C)OC(=O)C(=O)N1C=C(I)C=C(NC(=O)OCc2ccccc2)C1. The summed E-state index contributed by atoms with van der Waals surface area (Å²) >= 11 is 2.00. The summed E-state index contributed by atoms with van der Waals surface area (Å²) in [5, 5.41) is 2.60. The monoisotopic (exact) mass is 484 g/mol. The molecule has 0 bridgehead atoms. The second-order valence-corrected chi connectivity index (χ2v) is 8.05. The molecule has 1 N–H and O–H groups in total. The average molecular weight is 484 g/mol. The number of hydrogen-bond donors (Lipinski definition) is 1. The van der Waals surface area contributed by atoms with Gasteiger partial charge in [0.2, 0.25) is 0 Å². The van der Waals surface area contributed by atoms with Gasteiger partial charge in [-0.3, -0.25) is 10.1 Å². The summed E-state index contributed by atoms with van der Waals surface area (Å²) in [4.78, 5) is 37.5. The standard InChI is InChI=1S/C19H21IN2O5/c1-19(2,3)27-17(24)16(23)22-10-14(20)9-15(11-22)21-18(25)26-12-13-7-5-4-6-8-13/h4-10H,11-12H2,1-3H3,(H,21,25). The van der Waals surface area contributed by atoms with E-state index < -0.39 is 23.6 Å². The van der Waals surface area contributed by atoms with Crippen molar-refractivity contribution >= 4 is 40.6 Å². The molecule has 0 unspecified atom stereocenters. The van der Waals surface area contributed by atoms with Gasteiger partial charge in [-0.05, 0) is 55.0 Å². The maximum atomic E-state index is 12.3. The predicted molar refractivity (Wildman–Crippen MR) is 108 cm³/mol. The molecule has 7 nitrogen and oxygen atoms in total. The van der Waals surface area contributed by atoms with Crippen LogP contribution in [0.5, 0.6) is 0 Å². The minimum absolute atomic E-state index is 0.0328. The lowest BCUT2D eigenvalue weighted by Crippen LogP contribution is -2.41. The topological polar surface area (TPSA) is 84.9 Å². The summed E-state index contributed by atoms with van der Waals surface area (Å²) in [6.45, 7) is 5.22. The predicted octanol–water partition coefficient (Wildman–Crippen LogP) is 3.26. The molecule has 0 radical (unpaired) electrons. The third kappa shape index (κ3) is 7.05. The molecule has 1 aromatic carbocycles. The fraction of sp³-hybridized carbons (Fsp3) is 0.316. The zero-order chi connectivity index (χ0) is 20.0. The van der Waals surface area contributed by atoms with E-state index in [9.17, 15) is 14.4 Å². The van der Waals surface area contributed by atoms with Crippen LogP contribution in [0.25, 0.3) is 0 Å². The average Bonchev–Trinajstić information content (AvgIpc) is 2.58. The molecule has 0 spiro atoms. The highest BCUT2D eigenvalue weighted by Crippen LogP contribution is 2.19. The van der Waals surface area contributed by atoms with Gasteiger partial charge in [0, 0.05) is 15.5 Å². The van der Waals surface area contributed by atoms with Crippen molar-refractivity contribution < 1.29 is 23.9 Å². The summed E-state index contributed by atoms with van der Waals surface area (Å²) in [6.07, 6.45) is 2.58. The molecular formula is C19H21IN2O5. The van der Waals surface area contributed by atoms with Crippen LogP contribution in [-0.4, -0.2) is 35.0 Å². The maximum Gasteiger partial charge on any atom is 0.411 e. The largest absolute Gasteiger partial charge is 0.453 e. The Kier molecular flexibility index (Phi) is 7.00. The number of allylic oxidation sites excluding steroid dienone is 2. The van der Waals surface area contributed by atoms with Gasteiger partial charge in [-0.1, -0.05) is 30.3 Å². The Morgan fingerprint density at radius 2 is 1.85 bits per heavy atom. The Morgan fingerprint density at radius 1 is 1.19 bits per heavy atom. The Hall–Kier alpha value is -2.36. The highest BCUT2D eigenvalue weighted by atomic mass is 127. The van der Waals surface area contributed by atoms with Crippen molar-refractivity contribution in [3.05, 3.63) is 57.4 Å². The quantitative estimate of drug-likeness (QED) is 0.405. The molecule has 1 heterocycles. The first kappa shape index (κ1) is 20.9. The molecule has 0 fully saturated rings. The van der Waals surface area contributed by atoms with Crippen molar-refractivity contribution in [2.75, 3.05) is 6.54 Å². The lowest BCUT2D eigenvalue weighted by Gasteiger charge is -2.25. The number of amides is 2. The van der Waals surface area contributed by atoms with E-state index in [1.54, 1.807) is 26.8 Å². The van der Waals surface area contributed by atoms with Crippen LogP contribution in [0, 0.1) is 0 Å². The van der Waals surface area contributed by atoms with E-state index in [-0.39, 0.29) is 13.2 Å². The first-order valence-corrected chi connectivity index (χ1v) is 9.31. The van der Waals surface area contributed by atoms with Crippen molar-refractivity contribution in [3.8, 4) is 0 Å². The Labute approximate surface area is 171 Å². The van der Waals surface area contributed by atoms with Crippen molar-refractivity contribution in [1.29, 1.82) is 0 Å². The minimum Gasteiger partial charge on any atom is -0.453 e. The van der Waals surface area contributed by atoms with Crippen LogP contribution in [-0.2, 0) is 25.7 Å². The first-order chi connectivity index (χ1) is 12.6. The van der Waals surface area contributed by atoms with E-state index in [0.717, 1.165) is 5.56 Å². The Bertz CT molecular complexity index is 781. The molecule has 0 aromatic heterocycles. The van der Waals surface area contributed by atoms with E-state index in [4.69, 9.17) is 9.47 Å². The van der Waals surface area contributed by atoms with Gasteiger partial charge in [0.1, 0.15) is 12.2 Å². The summed E-state index contributed by atoms with van der Waals surface area (Å²) in [5.41, 5.74) is 0.538. The van der Waals surface area contributed by atoms with Gasteiger partial charge in [0.15, 0.2) is 0 Å². The van der Waals surface area contributed by atoms with Crippen molar-refractivity contribution in [2.45, 2.75) is 33.0 Å². The number of halogens is 1. The molecule has 0 saturated heterocycles. The molecule has 0 aliphatic carbocycles. The molecule has 0 saturated carbocycles. The number of ether oxygens (including phenoxy) is 2. The smallest absolute Gasteiger partial charge is 0.411 e. The molecule has 2 amide bonds. The van der Waals surface area contributed by atoms with Crippen LogP contribution >= 0.6 is 22.6 Å². The molecule has 27 heavy (non-hydrogen) atoms.